The molecule has 0 N–H and O–H groups in total. The van der Waals surface area contributed by atoms with Crippen molar-refractivity contribution in [2.24, 2.45) is 0 Å². The predicted octanol–water partition coefficient (Wildman–Crippen LogP) is 6.94. The normalized spacial score (nSPS) is 10.1. The lowest BCUT2D eigenvalue weighted by molar-refractivity contribution is 0.304. The number of allylic oxidation sites excluding steroid dienone is 1. The molecule has 0 saturated carbocycles. The molecule has 0 unspecified atom stereocenters. The number of unbranched alkanes of at least 4 members (excludes halogenated alkanes) is 5. The zero-order valence-corrected chi connectivity index (χ0v) is 16.7. The summed E-state index contributed by atoms with van der Waals surface area (Å²) in [4.78, 5) is 0. The molecule has 142 valence electrons. The minimum absolute atomic E-state index is 0.799. The van der Waals surface area contributed by atoms with Crippen LogP contribution in [-0.2, 0) is 6.42 Å². The van der Waals surface area contributed by atoms with Crippen molar-refractivity contribution in [3.05, 3.63) is 77.9 Å². The fourth-order valence-corrected chi connectivity index (χ4v) is 2.88. The molecule has 0 atom stereocenters. The third-order valence-corrected chi connectivity index (χ3v) is 4.55. The van der Waals surface area contributed by atoms with Gasteiger partial charge >= 0.3 is 0 Å². The van der Waals surface area contributed by atoms with E-state index in [2.05, 4.69) is 49.6 Å². The van der Waals surface area contributed by atoms with Crippen LogP contribution in [0.4, 0.5) is 0 Å². The van der Waals surface area contributed by atoms with Crippen molar-refractivity contribution in [3.8, 4) is 17.6 Å². The van der Waals surface area contributed by atoms with Crippen LogP contribution in [0, 0.1) is 11.8 Å². The molecule has 0 radical (unpaired) electrons. The molecule has 0 bridgehead atoms. The van der Waals surface area contributed by atoms with Gasteiger partial charge in [-0.15, -0.1) is 6.58 Å². The second-order valence-electron chi connectivity index (χ2n) is 6.91. The van der Waals surface area contributed by atoms with Gasteiger partial charge in [0.1, 0.15) is 5.75 Å². The van der Waals surface area contributed by atoms with Gasteiger partial charge in [-0.2, -0.15) is 0 Å². The van der Waals surface area contributed by atoms with E-state index in [4.69, 9.17) is 4.74 Å². The number of benzene rings is 2. The van der Waals surface area contributed by atoms with Gasteiger partial charge in [0.2, 0.25) is 0 Å². The summed E-state index contributed by atoms with van der Waals surface area (Å²) in [5.41, 5.74) is 3.42. The Morgan fingerprint density at radius 2 is 1.44 bits per heavy atom. The van der Waals surface area contributed by atoms with Crippen LogP contribution in [0.3, 0.4) is 0 Å². The molecule has 0 heterocycles. The van der Waals surface area contributed by atoms with Crippen LogP contribution < -0.4 is 4.74 Å². The highest BCUT2D eigenvalue weighted by Gasteiger charge is 1.96. The number of aryl methyl sites for hydroxylation is 1. The molecule has 1 heteroatoms. The first-order valence-corrected chi connectivity index (χ1v) is 10.3. The Labute approximate surface area is 165 Å². The number of ether oxygens (including phenoxy) is 1. The molecule has 0 aliphatic rings. The summed E-state index contributed by atoms with van der Waals surface area (Å²) >= 11 is 0. The lowest BCUT2D eigenvalue weighted by Crippen LogP contribution is -1.97. The SMILES string of the molecule is C=CCCCc1ccc(C#Cc2ccc(OCCCCCCC)cc2)cc1. The van der Waals surface area contributed by atoms with E-state index in [9.17, 15) is 0 Å². The summed E-state index contributed by atoms with van der Waals surface area (Å²) in [7, 11) is 0. The average Bonchev–Trinajstić information content (AvgIpc) is 2.71. The molecule has 2 aromatic rings. The monoisotopic (exact) mass is 360 g/mol. The molecule has 0 aliphatic carbocycles. The molecule has 0 aliphatic heterocycles. The standard InChI is InChI=1S/C26H32O/c1-3-5-7-8-10-22-27-26-20-18-25(19-21-26)17-16-24-14-12-23(13-15-24)11-9-6-4-2/h4,12-15,18-21H,2-3,5-11,22H2,1H3. The van der Waals surface area contributed by atoms with Crippen molar-refractivity contribution >= 4 is 0 Å². The van der Waals surface area contributed by atoms with Gasteiger partial charge in [-0.25, -0.2) is 0 Å². The summed E-state index contributed by atoms with van der Waals surface area (Å²) < 4.78 is 5.80. The van der Waals surface area contributed by atoms with Crippen LogP contribution >= 0.6 is 0 Å². The van der Waals surface area contributed by atoms with Gasteiger partial charge in [0, 0.05) is 11.1 Å². The molecule has 0 amide bonds. The molecular weight excluding hydrogens is 328 g/mol. The maximum atomic E-state index is 5.80. The Hall–Kier alpha value is -2.46. The largest absolute Gasteiger partial charge is 0.494 e. The number of hydrogen-bond donors (Lipinski definition) is 0. The maximum absolute atomic E-state index is 5.80. The van der Waals surface area contributed by atoms with Crippen LogP contribution in [0.15, 0.2) is 61.2 Å². The van der Waals surface area contributed by atoms with Gasteiger partial charge in [-0.3, -0.25) is 0 Å². The Bertz CT molecular complexity index is 714. The predicted molar refractivity (Wildman–Crippen MR) is 116 cm³/mol. The van der Waals surface area contributed by atoms with Crippen LogP contribution in [0.2, 0.25) is 0 Å². The van der Waals surface area contributed by atoms with E-state index in [1.165, 1.54) is 31.2 Å². The third kappa shape index (κ3) is 8.65. The second-order valence-corrected chi connectivity index (χ2v) is 6.91. The molecular formula is C26H32O. The van der Waals surface area contributed by atoms with E-state index in [-0.39, 0.29) is 0 Å². The van der Waals surface area contributed by atoms with Crippen molar-refractivity contribution in [2.45, 2.75) is 58.3 Å². The molecule has 0 saturated heterocycles. The van der Waals surface area contributed by atoms with Crippen LogP contribution in [0.1, 0.15) is 68.6 Å². The highest BCUT2D eigenvalue weighted by atomic mass is 16.5. The van der Waals surface area contributed by atoms with E-state index < -0.39 is 0 Å². The first-order valence-electron chi connectivity index (χ1n) is 10.3. The lowest BCUT2D eigenvalue weighted by Gasteiger charge is -2.05. The van der Waals surface area contributed by atoms with Gasteiger partial charge in [0.15, 0.2) is 0 Å². The highest BCUT2D eigenvalue weighted by molar-refractivity contribution is 5.44. The van der Waals surface area contributed by atoms with E-state index in [1.807, 2.05) is 30.3 Å². The summed E-state index contributed by atoms with van der Waals surface area (Å²) in [6, 6.07) is 16.6. The highest BCUT2D eigenvalue weighted by Crippen LogP contribution is 2.13. The first kappa shape index (κ1) is 20.8. The summed E-state index contributed by atoms with van der Waals surface area (Å²) in [5, 5.41) is 0. The average molecular weight is 361 g/mol. The van der Waals surface area contributed by atoms with Gasteiger partial charge in [0.05, 0.1) is 6.61 Å². The maximum Gasteiger partial charge on any atom is 0.119 e. The lowest BCUT2D eigenvalue weighted by atomic mass is 10.1. The van der Waals surface area contributed by atoms with Crippen molar-refractivity contribution in [3.63, 3.8) is 0 Å². The molecule has 1 nitrogen and oxygen atoms in total. The Morgan fingerprint density at radius 3 is 2.07 bits per heavy atom. The summed E-state index contributed by atoms with van der Waals surface area (Å²) in [5.74, 6) is 7.40. The summed E-state index contributed by atoms with van der Waals surface area (Å²) in [6.45, 7) is 6.80. The second kappa shape index (κ2) is 12.8. The van der Waals surface area contributed by atoms with Gasteiger partial charge in [0.25, 0.3) is 0 Å². The zero-order valence-electron chi connectivity index (χ0n) is 16.7. The van der Waals surface area contributed by atoms with Crippen LogP contribution in [0.5, 0.6) is 5.75 Å². The number of hydrogen-bond acceptors (Lipinski definition) is 1. The topological polar surface area (TPSA) is 9.23 Å². The van der Waals surface area contributed by atoms with E-state index in [0.29, 0.717) is 0 Å². The fourth-order valence-electron chi connectivity index (χ4n) is 2.88. The molecule has 2 rings (SSSR count). The van der Waals surface area contributed by atoms with Crippen molar-refractivity contribution < 1.29 is 4.74 Å². The third-order valence-electron chi connectivity index (χ3n) is 4.55. The van der Waals surface area contributed by atoms with Crippen molar-refractivity contribution in [2.75, 3.05) is 6.61 Å². The van der Waals surface area contributed by atoms with Gasteiger partial charge in [-0.1, -0.05) is 62.7 Å². The Kier molecular flexibility index (Phi) is 9.90. The summed E-state index contributed by atoms with van der Waals surface area (Å²) in [6.07, 6.45) is 11.6. The smallest absolute Gasteiger partial charge is 0.119 e. The zero-order chi connectivity index (χ0) is 19.2. The van der Waals surface area contributed by atoms with Crippen molar-refractivity contribution in [1.82, 2.24) is 0 Å². The fraction of sp³-hybridized carbons (Fsp3) is 0.385. The molecule has 0 spiro atoms. The van der Waals surface area contributed by atoms with Crippen LogP contribution in [-0.4, -0.2) is 6.61 Å². The minimum Gasteiger partial charge on any atom is -0.494 e. The first-order chi connectivity index (χ1) is 13.3. The van der Waals surface area contributed by atoms with E-state index >= 15 is 0 Å². The Morgan fingerprint density at radius 1 is 0.815 bits per heavy atom. The molecule has 0 aromatic heterocycles. The Balaban J connectivity index is 1.78. The van der Waals surface area contributed by atoms with Gasteiger partial charge in [-0.05, 0) is 67.6 Å². The van der Waals surface area contributed by atoms with E-state index in [0.717, 1.165) is 49.2 Å². The van der Waals surface area contributed by atoms with Crippen molar-refractivity contribution in [1.29, 1.82) is 0 Å². The quantitative estimate of drug-likeness (QED) is 0.239. The number of rotatable bonds is 11. The van der Waals surface area contributed by atoms with Crippen LogP contribution in [0.25, 0.3) is 0 Å². The van der Waals surface area contributed by atoms with E-state index in [1.54, 1.807) is 0 Å². The molecule has 27 heavy (non-hydrogen) atoms. The minimum atomic E-state index is 0.799. The molecule has 2 aromatic carbocycles. The van der Waals surface area contributed by atoms with Gasteiger partial charge < -0.3 is 4.74 Å². The molecule has 0 fully saturated rings.